The van der Waals surface area contributed by atoms with Crippen molar-refractivity contribution in [2.45, 2.75) is 46.6 Å². The molecule has 3 heterocycles. The summed E-state index contributed by atoms with van der Waals surface area (Å²) >= 11 is 0. The van der Waals surface area contributed by atoms with Crippen molar-refractivity contribution in [3.8, 4) is 0 Å². The second-order valence-electron chi connectivity index (χ2n) is 6.48. The zero-order valence-corrected chi connectivity index (χ0v) is 15.2. The predicted octanol–water partition coefficient (Wildman–Crippen LogP) is 2.23. The van der Waals surface area contributed by atoms with Crippen LogP contribution in [0.2, 0.25) is 0 Å². The summed E-state index contributed by atoms with van der Waals surface area (Å²) in [6.07, 6.45) is 0.891. The van der Waals surface area contributed by atoms with E-state index in [0.717, 1.165) is 34.2 Å². The molecular formula is C18H24N4O3. The molecule has 1 saturated heterocycles. The third kappa shape index (κ3) is 4.04. The highest BCUT2D eigenvalue weighted by atomic mass is 16.5. The molecule has 1 aliphatic rings. The predicted molar refractivity (Wildman–Crippen MR) is 91.1 cm³/mol. The Balaban J connectivity index is 1.63. The van der Waals surface area contributed by atoms with Crippen LogP contribution < -0.4 is 0 Å². The van der Waals surface area contributed by atoms with Crippen LogP contribution in [0.3, 0.4) is 0 Å². The van der Waals surface area contributed by atoms with Crippen LogP contribution in [0, 0.1) is 27.7 Å². The number of hydrogen-bond donors (Lipinski definition) is 0. The molecule has 1 amide bonds. The smallest absolute Gasteiger partial charge is 0.223 e. The topological polar surface area (TPSA) is 81.4 Å². The van der Waals surface area contributed by atoms with Crippen molar-refractivity contribution in [2.75, 3.05) is 19.7 Å². The van der Waals surface area contributed by atoms with E-state index in [1.807, 2.05) is 38.7 Å². The van der Waals surface area contributed by atoms with Crippen LogP contribution in [0.1, 0.15) is 46.8 Å². The number of nitrogens with zero attached hydrogens (tertiary/aromatic N) is 4. The van der Waals surface area contributed by atoms with Gasteiger partial charge in [0, 0.05) is 24.2 Å². The van der Waals surface area contributed by atoms with Crippen LogP contribution >= 0.6 is 0 Å². The van der Waals surface area contributed by atoms with Gasteiger partial charge >= 0.3 is 0 Å². The van der Waals surface area contributed by atoms with Crippen molar-refractivity contribution >= 4 is 5.91 Å². The molecular weight excluding hydrogens is 320 g/mol. The highest BCUT2D eigenvalue weighted by Gasteiger charge is 2.27. The Morgan fingerprint density at radius 1 is 1.28 bits per heavy atom. The number of carbonyl (C=O) groups excluding carboxylic acids is 1. The molecule has 1 atom stereocenters. The lowest BCUT2D eigenvalue weighted by Crippen LogP contribution is -2.42. The van der Waals surface area contributed by atoms with Gasteiger partial charge in [-0.1, -0.05) is 5.16 Å². The Labute approximate surface area is 147 Å². The standard InChI is InChI=1S/C18H24N4O3/c1-11-9-16(20-14(4)19-11)17-10-22(7-8-24-17)18(23)6-5-15-12(2)21-25-13(15)3/h9,17H,5-8,10H2,1-4H3/t17-/m1/s1. The maximum absolute atomic E-state index is 12.6. The number of aryl methyl sites for hydroxylation is 4. The third-order valence-corrected chi connectivity index (χ3v) is 4.50. The number of hydrogen-bond acceptors (Lipinski definition) is 6. The van der Waals surface area contributed by atoms with Crippen LogP contribution in [-0.4, -0.2) is 45.6 Å². The first-order chi connectivity index (χ1) is 11.9. The molecule has 0 aliphatic carbocycles. The molecule has 0 aromatic carbocycles. The zero-order chi connectivity index (χ0) is 18.0. The molecule has 3 rings (SSSR count). The summed E-state index contributed by atoms with van der Waals surface area (Å²) in [5.41, 5.74) is 3.64. The molecule has 134 valence electrons. The largest absolute Gasteiger partial charge is 0.368 e. The Hall–Kier alpha value is -2.28. The van der Waals surface area contributed by atoms with Gasteiger partial charge in [0.1, 0.15) is 17.7 Å². The maximum atomic E-state index is 12.6. The molecule has 0 radical (unpaired) electrons. The second-order valence-corrected chi connectivity index (χ2v) is 6.48. The van der Waals surface area contributed by atoms with Crippen molar-refractivity contribution in [1.29, 1.82) is 0 Å². The highest BCUT2D eigenvalue weighted by Crippen LogP contribution is 2.22. The van der Waals surface area contributed by atoms with E-state index in [4.69, 9.17) is 9.26 Å². The van der Waals surface area contributed by atoms with E-state index in [0.29, 0.717) is 32.5 Å². The van der Waals surface area contributed by atoms with Crippen molar-refractivity contribution in [3.05, 3.63) is 40.3 Å². The number of ether oxygens (including phenoxy) is 1. The van der Waals surface area contributed by atoms with E-state index in [1.54, 1.807) is 0 Å². The van der Waals surface area contributed by atoms with Crippen LogP contribution in [0.15, 0.2) is 10.6 Å². The molecule has 7 heteroatoms. The van der Waals surface area contributed by atoms with Gasteiger partial charge in [0.25, 0.3) is 0 Å². The lowest BCUT2D eigenvalue weighted by Gasteiger charge is -2.33. The van der Waals surface area contributed by atoms with E-state index in [2.05, 4.69) is 15.1 Å². The van der Waals surface area contributed by atoms with E-state index in [-0.39, 0.29) is 12.0 Å². The molecule has 25 heavy (non-hydrogen) atoms. The van der Waals surface area contributed by atoms with Crippen molar-refractivity contribution in [2.24, 2.45) is 0 Å². The summed E-state index contributed by atoms with van der Waals surface area (Å²) in [4.78, 5) is 23.2. The quantitative estimate of drug-likeness (QED) is 0.846. The van der Waals surface area contributed by atoms with Crippen LogP contribution in [0.25, 0.3) is 0 Å². The van der Waals surface area contributed by atoms with E-state index < -0.39 is 0 Å². The minimum absolute atomic E-state index is 0.121. The van der Waals surface area contributed by atoms with Crippen LogP contribution in [-0.2, 0) is 16.0 Å². The average Bonchev–Trinajstić information content (AvgIpc) is 2.90. The summed E-state index contributed by atoms with van der Waals surface area (Å²) in [6.45, 7) is 9.24. The fourth-order valence-corrected chi connectivity index (χ4v) is 3.21. The fraction of sp³-hybridized carbons (Fsp3) is 0.556. The number of morpholine rings is 1. The molecule has 0 spiro atoms. The number of carbonyl (C=O) groups is 1. The zero-order valence-electron chi connectivity index (χ0n) is 15.2. The molecule has 0 unspecified atom stereocenters. The number of aromatic nitrogens is 3. The molecule has 7 nitrogen and oxygen atoms in total. The minimum atomic E-state index is -0.197. The van der Waals surface area contributed by atoms with Gasteiger partial charge in [0.05, 0.1) is 24.5 Å². The van der Waals surface area contributed by atoms with Gasteiger partial charge in [-0.2, -0.15) is 0 Å². The Kier molecular flexibility index (Phi) is 5.13. The molecule has 2 aromatic rings. The van der Waals surface area contributed by atoms with Gasteiger partial charge in [0.2, 0.25) is 5.91 Å². The van der Waals surface area contributed by atoms with Crippen LogP contribution in [0.4, 0.5) is 0 Å². The fourth-order valence-electron chi connectivity index (χ4n) is 3.21. The molecule has 1 aliphatic heterocycles. The summed E-state index contributed by atoms with van der Waals surface area (Å²) in [5, 5.41) is 3.94. The van der Waals surface area contributed by atoms with Crippen molar-refractivity contribution in [3.63, 3.8) is 0 Å². The molecule has 0 bridgehead atoms. The van der Waals surface area contributed by atoms with E-state index in [1.165, 1.54) is 0 Å². The summed E-state index contributed by atoms with van der Waals surface area (Å²) < 4.78 is 11.0. The minimum Gasteiger partial charge on any atom is -0.368 e. The second kappa shape index (κ2) is 7.31. The molecule has 0 saturated carbocycles. The maximum Gasteiger partial charge on any atom is 0.223 e. The Bertz CT molecular complexity index is 732. The first-order valence-corrected chi connectivity index (χ1v) is 8.57. The molecule has 0 N–H and O–H groups in total. The van der Waals surface area contributed by atoms with E-state index in [9.17, 15) is 4.79 Å². The van der Waals surface area contributed by atoms with Crippen LogP contribution in [0.5, 0.6) is 0 Å². The third-order valence-electron chi connectivity index (χ3n) is 4.50. The highest BCUT2D eigenvalue weighted by molar-refractivity contribution is 5.76. The van der Waals surface area contributed by atoms with Gasteiger partial charge in [-0.15, -0.1) is 0 Å². The van der Waals surface area contributed by atoms with Gasteiger partial charge in [-0.05, 0) is 40.2 Å². The number of amides is 1. The average molecular weight is 344 g/mol. The lowest BCUT2D eigenvalue weighted by atomic mass is 10.1. The van der Waals surface area contributed by atoms with Crippen molar-refractivity contribution in [1.82, 2.24) is 20.0 Å². The van der Waals surface area contributed by atoms with Gasteiger partial charge in [-0.3, -0.25) is 4.79 Å². The van der Waals surface area contributed by atoms with Crippen molar-refractivity contribution < 1.29 is 14.1 Å². The first kappa shape index (κ1) is 17.5. The lowest BCUT2D eigenvalue weighted by molar-refractivity contribution is -0.139. The summed E-state index contributed by atoms with van der Waals surface area (Å²) in [7, 11) is 0. The Morgan fingerprint density at radius 3 is 2.76 bits per heavy atom. The monoisotopic (exact) mass is 344 g/mol. The normalized spacial score (nSPS) is 17.8. The first-order valence-electron chi connectivity index (χ1n) is 8.57. The molecule has 2 aromatic heterocycles. The number of rotatable bonds is 4. The van der Waals surface area contributed by atoms with Gasteiger partial charge < -0.3 is 14.2 Å². The van der Waals surface area contributed by atoms with Gasteiger partial charge in [0.15, 0.2) is 0 Å². The summed E-state index contributed by atoms with van der Waals surface area (Å²) in [6, 6.07) is 1.93. The molecule has 1 fully saturated rings. The summed E-state index contributed by atoms with van der Waals surface area (Å²) in [5.74, 6) is 1.63. The SMILES string of the molecule is Cc1cc([C@H]2CN(C(=O)CCc3c(C)noc3C)CCO2)nc(C)n1. The van der Waals surface area contributed by atoms with E-state index >= 15 is 0 Å². The Morgan fingerprint density at radius 2 is 2.08 bits per heavy atom. The van der Waals surface area contributed by atoms with Gasteiger partial charge in [-0.25, -0.2) is 9.97 Å².